The van der Waals surface area contributed by atoms with Crippen molar-refractivity contribution in [1.29, 1.82) is 0 Å². The van der Waals surface area contributed by atoms with Gasteiger partial charge in [-0.3, -0.25) is 14.4 Å². The van der Waals surface area contributed by atoms with Crippen molar-refractivity contribution in [3.8, 4) is 0 Å². The van der Waals surface area contributed by atoms with Gasteiger partial charge in [0.25, 0.3) is 0 Å². The molecule has 0 aliphatic heterocycles. The van der Waals surface area contributed by atoms with Crippen LogP contribution in [0.4, 0.5) is 4.79 Å². The van der Waals surface area contributed by atoms with E-state index in [1.54, 1.807) is 27.7 Å². The fourth-order valence-electron chi connectivity index (χ4n) is 1.46. The Kier molecular flexibility index (Phi) is 9.65. The van der Waals surface area contributed by atoms with E-state index in [0.29, 0.717) is 0 Å². The number of hydrogen-bond donors (Lipinski definition) is 1. The van der Waals surface area contributed by atoms with Gasteiger partial charge in [0.1, 0.15) is 11.6 Å². The Labute approximate surface area is 152 Å². The van der Waals surface area contributed by atoms with E-state index >= 15 is 0 Å². The van der Waals surface area contributed by atoms with E-state index in [2.05, 4.69) is 12.6 Å². The van der Waals surface area contributed by atoms with Gasteiger partial charge in [0.2, 0.25) is 6.29 Å². The summed E-state index contributed by atoms with van der Waals surface area (Å²) in [4.78, 5) is 46.8. The van der Waals surface area contributed by atoms with Gasteiger partial charge >= 0.3 is 11.3 Å². The number of hydrogen-bond acceptors (Lipinski definition) is 8. The Hall–Kier alpha value is -1.02. The van der Waals surface area contributed by atoms with Crippen molar-refractivity contribution < 1.29 is 28.7 Å². The second-order valence-electron chi connectivity index (χ2n) is 6.33. The maximum absolute atomic E-state index is 12.0. The summed E-state index contributed by atoms with van der Waals surface area (Å²) in [5.41, 5.74) is 0. The molecule has 8 heteroatoms. The SMILES string of the molecule is CC(=O)[C@H](CSC(=O)O[C@@H](C)OC(=O)C(C)C)CC(=O)C(C)(C)S. The first-order chi connectivity index (χ1) is 10.8. The van der Waals surface area contributed by atoms with Crippen LogP contribution in [0.5, 0.6) is 0 Å². The second kappa shape index (κ2) is 10.1. The Morgan fingerprint density at radius 2 is 1.62 bits per heavy atom. The molecule has 0 rings (SSSR count). The summed E-state index contributed by atoms with van der Waals surface area (Å²) in [6.45, 7) is 9.46. The number of thiol groups is 1. The van der Waals surface area contributed by atoms with E-state index in [1.807, 2.05) is 0 Å². The molecule has 0 radical (unpaired) electrons. The highest BCUT2D eigenvalue weighted by molar-refractivity contribution is 8.13. The van der Waals surface area contributed by atoms with Crippen LogP contribution in [-0.4, -0.2) is 39.6 Å². The fraction of sp³-hybridized carbons (Fsp3) is 0.750. The van der Waals surface area contributed by atoms with Crippen LogP contribution < -0.4 is 0 Å². The van der Waals surface area contributed by atoms with Gasteiger partial charge in [0, 0.05) is 25.0 Å². The summed E-state index contributed by atoms with van der Waals surface area (Å²) in [6, 6.07) is 0. The van der Waals surface area contributed by atoms with Gasteiger partial charge in [0.15, 0.2) is 0 Å². The summed E-state index contributed by atoms with van der Waals surface area (Å²) >= 11 is 4.97. The van der Waals surface area contributed by atoms with E-state index in [1.165, 1.54) is 13.8 Å². The molecule has 0 N–H and O–H groups in total. The molecule has 0 saturated heterocycles. The summed E-state index contributed by atoms with van der Waals surface area (Å²) < 4.78 is 9.03. The molecular formula is C16H26O6S2. The summed E-state index contributed by atoms with van der Waals surface area (Å²) in [5.74, 6) is -1.61. The maximum Gasteiger partial charge on any atom is 0.370 e. The van der Waals surface area contributed by atoms with Crippen molar-refractivity contribution in [1.82, 2.24) is 0 Å². The number of carbonyl (C=O) groups excluding carboxylic acids is 4. The van der Waals surface area contributed by atoms with Gasteiger partial charge in [-0.25, -0.2) is 4.79 Å². The van der Waals surface area contributed by atoms with Gasteiger partial charge in [-0.15, -0.1) is 0 Å². The molecule has 138 valence electrons. The van der Waals surface area contributed by atoms with Crippen LogP contribution in [0.3, 0.4) is 0 Å². The lowest BCUT2D eigenvalue weighted by molar-refractivity contribution is -0.167. The topological polar surface area (TPSA) is 86.7 Å². The monoisotopic (exact) mass is 378 g/mol. The molecule has 0 bridgehead atoms. The predicted octanol–water partition coefficient (Wildman–Crippen LogP) is 3.27. The maximum atomic E-state index is 12.0. The van der Waals surface area contributed by atoms with Crippen LogP contribution in [0.15, 0.2) is 0 Å². The molecule has 0 fully saturated rings. The molecule has 0 saturated carbocycles. The molecule has 0 unspecified atom stereocenters. The number of Topliss-reactive ketones (excluding diaryl/α,β-unsaturated/α-hetero) is 2. The van der Waals surface area contributed by atoms with E-state index in [0.717, 1.165) is 11.8 Å². The first-order valence-corrected chi connectivity index (χ1v) is 9.07. The molecule has 0 aliphatic rings. The number of thioether (sulfide) groups is 1. The van der Waals surface area contributed by atoms with Gasteiger partial charge < -0.3 is 9.47 Å². The number of esters is 1. The zero-order valence-electron chi connectivity index (χ0n) is 15.0. The Bertz CT molecular complexity index is 481. The zero-order valence-corrected chi connectivity index (χ0v) is 16.7. The normalized spacial score (nSPS) is 14.0. The van der Waals surface area contributed by atoms with Gasteiger partial charge in [-0.1, -0.05) is 13.8 Å². The average Bonchev–Trinajstić information content (AvgIpc) is 2.41. The van der Waals surface area contributed by atoms with Crippen LogP contribution in [0, 0.1) is 11.8 Å². The van der Waals surface area contributed by atoms with Crippen LogP contribution >= 0.6 is 24.4 Å². The standard InChI is InChI=1S/C16H26O6S2/c1-9(2)14(19)21-11(4)22-15(20)24-8-12(10(3)17)7-13(18)16(5,6)23/h9,11-12,23H,7-8H2,1-6H3/t11-,12-/m0/s1. The second-order valence-corrected chi connectivity index (χ2v) is 8.41. The highest BCUT2D eigenvalue weighted by Gasteiger charge is 2.28. The molecule has 6 nitrogen and oxygen atoms in total. The highest BCUT2D eigenvalue weighted by Crippen LogP contribution is 2.22. The van der Waals surface area contributed by atoms with Crippen molar-refractivity contribution in [3.05, 3.63) is 0 Å². The molecular weight excluding hydrogens is 352 g/mol. The first kappa shape index (κ1) is 23.0. The van der Waals surface area contributed by atoms with Gasteiger partial charge in [-0.2, -0.15) is 12.6 Å². The van der Waals surface area contributed by atoms with Gasteiger partial charge in [0.05, 0.1) is 10.7 Å². The van der Waals surface area contributed by atoms with Crippen LogP contribution in [-0.2, 0) is 23.9 Å². The minimum atomic E-state index is -1.01. The minimum absolute atomic E-state index is 0.0179. The third-order valence-corrected chi connectivity index (χ3v) is 4.26. The highest BCUT2D eigenvalue weighted by atomic mass is 32.2. The Morgan fingerprint density at radius 3 is 2.04 bits per heavy atom. The molecule has 0 aliphatic carbocycles. The summed E-state index contributed by atoms with van der Waals surface area (Å²) in [5, 5.41) is -0.664. The van der Waals surface area contributed by atoms with Crippen molar-refractivity contribution in [2.75, 3.05) is 5.75 Å². The largest absolute Gasteiger partial charge is 0.425 e. The van der Waals surface area contributed by atoms with E-state index in [9.17, 15) is 19.2 Å². The van der Waals surface area contributed by atoms with Crippen molar-refractivity contribution in [3.63, 3.8) is 0 Å². The Balaban J connectivity index is 4.45. The molecule has 0 aromatic heterocycles. The van der Waals surface area contributed by atoms with Gasteiger partial charge in [-0.05, 0) is 32.5 Å². The lowest BCUT2D eigenvalue weighted by Crippen LogP contribution is -2.30. The van der Waals surface area contributed by atoms with Crippen molar-refractivity contribution >= 4 is 47.2 Å². The van der Waals surface area contributed by atoms with Crippen LogP contribution in [0.2, 0.25) is 0 Å². The number of rotatable bonds is 9. The Morgan fingerprint density at radius 1 is 1.08 bits per heavy atom. The summed E-state index contributed by atoms with van der Waals surface area (Å²) in [6.07, 6.45) is -0.988. The molecule has 24 heavy (non-hydrogen) atoms. The molecule has 0 heterocycles. The lowest BCUT2D eigenvalue weighted by atomic mass is 9.94. The predicted molar refractivity (Wildman–Crippen MR) is 96.2 cm³/mol. The van der Waals surface area contributed by atoms with Crippen LogP contribution in [0.25, 0.3) is 0 Å². The number of carbonyl (C=O) groups is 4. The average molecular weight is 379 g/mol. The van der Waals surface area contributed by atoms with E-state index in [-0.39, 0.29) is 29.7 Å². The summed E-state index contributed by atoms with van der Waals surface area (Å²) in [7, 11) is 0. The van der Waals surface area contributed by atoms with Crippen LogP contribution in [0.1, 0.15) is 48.0 Å². The first-order valence-electron chi connectivity index (χ1n) is 7.64. The van der Waals surface area contributed by atoms with E-state index < -0.39 is 28.2 Å². The van der Waals surface area contributed by atoms with Crippen molar-refractivity contribution in [2.24, 2.45) is 11.8 Å². The van der Waals surface area contributed by atoms with E-state index in [4.69, 9.17) is 9.47 Å². The molecule has 0 aromatic carbocycles. The lowest BCUT2D eigenvalue weighted by Gasteiger charge is -2.20. The quantitative estimate of drug-likeness (QED) is 0.374. The third-order valence-electron chi connectivity index (χ3n) is 3.11. The minimum Gasteiger partial charge on any atom is -0.425 e. The molecule has 0 amide bonds. The van der Waals surface area contributed by atoms with Crippen molar-refractivity contribution in [2.45, 2.75) is 59.0 Å². The zero-order chi connectivity index (χ0) is 19.1. The third kappa shape index (κ3) is 9.32. The number of ether oxygens (including phenoxy) is 2. The number of ketones is 2. The molecule has 0 aromatic rings. The molecule has 0 spiro atoms. The smallest absolute Gasteiger partial charge is 0.370 e. The fourth-order valence-corrected chi connectivity index (χ4v) is 2.44. The molecule has 2 atom stereocenters.